The maximum absolute atomic E-state index is 12.5. The van der Waals surface area contributed by atoms with Gasteiger partial charge in [0.2, 0.25) is 0 Å². The molecule has 6 heteroatoms. The Bertz CT molecular complexity index is 589. The second kappa shape index (κ2) is 33.9. The maximum Gasteiger partial charge on any atom is 0.305 e. The van der Waals surface area contributed by atoms with Gasteiger partial charge in [0, 0.05) is 32.5 Å². The summed E-state index contributed by atoms with van der Waals surface area (Å²) in [5, 5.41) is 8.95. The third-order valence-corrected chi connectivity index (χ3v) is 8.81. The monoisotopic (exact) mass is 611 g/mol. The summed E-state index contributed by atoms with van der Waals surface area (Å²) in [6.07, 6.45) is 28.5. The molecule has 256 valence electrons. The highest BCUT2D eigenvalue weighted by Gasteiger charge is 2.13. The largest absolute Gasteiger partial charge is 0.465 e. The maximum atomic E-state index is 12.5. The van der Waals surface area contributed by atoms with Crippen LogP contribution in [-0.2, 0) is 14.3 Å². The molecule has 0 rings (SSSR count). The Balaban J connectivity index is 4.33. The van der Waals surface area contributed by atoms with Crippen molar-refractivity contribution in [3.05, 3.63) is 0 Å². The zero-order chi connectivity index (χ0) is 31.6. The number of unbranched alkanes of at least 4 members (excludes halogenated alkanes) is 16. The minimum absolute atomic E-state index is 0.00542. The lowest BCUT2D eigenvalue weighted by molar-refractivity contribution is -0.145. The Labute approximate surface area is 268 Å². The van der Waals surface area contributed by atoms with Crippen LogP contribution in [0.2, 0.25) is 0 Å². The van der Waals surface area contributed by atoms with Gasteiger partial charge < -0.3 is 24.4 Å². The first-order valence-electron chi connectivity index (χ1n) is 18.7. The normalized spacial score (nSPS) is 12.3. The van der Waals surface area contributed by atoms with E-state index in [2.05, 4.69) is 30.7 Å². The number of aldehydes is 1. The number of hydrogen-bond acceptors (Lipinski definition) is 6. The second-order valence-electron chi connectivity index (χ2n) is 13.1. The van der Waals surface area contributed by atoms with Gasteiger partial charge in [-0.3, -0.25) is 4.79 Å². The second-order valence-corrected chi connectivity index (χ2v) is 13.1. The van der Waals surface area contributed by atoms with Crippen LogP contribution in [0.25, 0.3) is 0 Å². The van der Waals surface area contributed by atoms with Gasteiger partial charge in [-0.15, -0.1) is 0 Å². The van der Waals surface area contributed by atoms with Gasteiger partial charge in [-0.25, -0.2) is 0 Å². The van der Waals surface area contributed by atoms with Crippen molar-refractivity contribution < 1.29 is 19.4 Å². The molecular weight excluding hydrogens is 536 g/mol. The fourth-order valence-corrected chi connectivity index (χ4v) is 5.79. The number of aliphatic hydroxyl groups is 1. The number of aliphatic hydroxyl groups excluding tert-OH is 1. The van der Waals surface area contributed by atoms with Gasteiger partial charge in [0.05, 0.1) is 6.61 Å². The molecule has 0 saturated carbocycles. The average Bonchev–Trinajstić information content (AvgIpc) is 3.01. The lowest BCUT2D eigenvalue weighted by atomic mass is 9.95. The summed E-state index contributed by atoms with van der Waals surface area (Å²) >= 11 is 0. The quantitative estimate of drug-likeness (QED) is 0.0439. The molecule has 0 aromatic rings. The molecule has 0 aliphatic carbocycles. The predicted molar refractivity (Wildman–Crippen MR) is 184 cm³/mol. The van der Waals surface area contributed by atoms with Crippen molar-refractivity contribution in [3.63, 3.8) is 0 Å². The third kappa shape index (κ3) is 30.8. The highest BCUT2D eigenvalue weighted by atomic mass is 16.5. The standard InChI is InChI=1S/C37H74N2O4/c1-4-6-8-10-11-18-26-36(25-17-9-7-5-2)35-43-37(42)27-19-16-22-30-39(29-21-13-15-24-34-41)32-31-38(3)28-20-12-14-23-33-40/h34,36,40H,4-33,35H2,1-3H3. The van der Waals surface area contributed by atoms with Crippen LogP contribution in [0.15, 0.2) is 0 Å². The fraction of sp³-hybridized carbons (Fsp3) is 0.946. The van der Waals surface area contributed by atoms with E-state index in [4.69, 9.17) is 9.84 Å². The summed E-state index contributed by atoms with van der Waals surface area (Å²) in [7, 11) is 2.21. The van der Waals surface area contributed by atoms with E-state index in [0.29, 0.717) is 32.0 Å². The van der Waals surface area contributed by atoms with Crippen LogP contribution >= 0.6 is 0 Å². The molecule has 43 heavy (non-hydrogen) atoms. The van der Waals surface area contributed by atoms with E-state index < -0.39 is 0 Å². The molecule has 1 atom stereocenters. The smallest absolute Gasteiger partial charge is 0.305 e. The molecule has 0 bridgehead atoms. The molecule has 1 N–H and O–H groups in total. The van der Waals surface area contributed by atoms with Gasteiger partial charge in [0.25, 0.3) is 0 Å². The van der Waals surface area contributed by atoms with Crippen molar-refractivity contribution in [2.45, 2.75) is 168 Å². The van der Waals surface area contributed by atoms with Gasteiger partial charge >= 0.3 is 5.97 Å². The topological polar surface area (TPSA) is 70.1 Å². The van der Waals surface area contributed by atoms with Gasteiger partial charge in [-0.1, -0.05) is 104 Å². The average molecular weight is 611 g/mol. The number of hydrogen-bond donors (Lipinski definition) is 1. The first kappa shape index (κ1) is 42.0. The Morgan fingerprint density at radius 2 is 1.19 bits per heavy atom. The molecule has 1 unspecified atom stereocenters. The molecule has 0 aliphatic heterocycles. The summed E-state index contributed by atoms with van der Waals surface area (Å²) in [5.41, 5.74) is 0. The van der Waals surface area contributed by atoms with E-state index in [0.717, 1.165) is 90.4 Å². The summed E-state index contributed by atoms with van der Waals surface area (Å²) in [5.74, 6) is 0.528. The minimum Gasteiger partial charge on any atom is -0.465 e. The van der Waals surface area contributed by atoms with Crippen molar-refractivity contribution in [2.75, 3.05) is 53.0 Å². The number of ether oxygens (including phenoxy) is 1. The van der Waals surface area contributed by atoms with Crippen LogP contribution in [0.4, 0.5) is 0 Å². The summed E-state index contributed by atoms with van der Waals surface area (Å²) in [4.78, 5) is 28.2. The van der Waals surface area contributed by atoms with Crippen LogP contribution < -0.4 is 0 Å². The number of nitrogens with zero attached hydrogens (tertiary/aromatic N) is 2. The molecule has 0 fully saturated rings. The summed E-state index contributed by atoms with van der Waals surface area (Å²) < 4.78 is 5.80. The zero-order valence-corrected chi connectivity index (χ0v) is 29.1. The van der Waals surface area contributed by atoms with Gasteiger partial charge in [-0.05, 0) is 84.0 Å². The van der Waals surface area contributed by atoms with Crippen LogP contribution in [0.5, 0.6) is 0 Å². The summed E-state index contributed by atoms with van der Waals surface area (Å²) in [6, 6.07) is 0. The number of esters is 1. The van der Waals surface area contributed by atoms with Gasteiger partial charge in [0.1, 0.15) is 6.29 Å². The molecule has 6 nitrogen and oxygen atoms in total. The van der Waals surface area contributed by atoms with E-state index >= 15 is 0 Å². The highest BCUT2D eigenvalue weighted by molar-refractivity contribution is 5.69. The number of carbonyl (C=O) groups excluding carboxylic acids is 2. The predicted octanol–water partition coefficient (Wildman–Crippen LogP) is 8.97. The summed E-state index contributed by atoms with van der Waals surface area (Å²) in [6.45, 7) is 10.9. The Morgan fingerprint density at radius 1 is 0.651 bits per heavy atom. The molecule has 0 aliphatic rings. The van der Waals surface area contributed by atoms with Crippen LogP contribution in [0.1, 0.15) is 168 Å². The molecule has 0 radical (unpaired) electrons. The minimum atomic E-state index is -0.00542. The molecule has 0 aromatic heterocycles. The van der Waals surface area contributed by atoms with Crippen LogP contribution in [0, 0.1) is 5.92 Å². The van der Waals surface area contributed by atoms with E-state index in [-0.39, 0.29) is 5.97 Å². The van der Waals surface area contributed by atoms with E-state index in [9.17, 15) is 9.59 Å². The first-order chi connectivity index (χ1) is 21.1. The molecule has 0 heterocycles. The van der Waals surface area contributed by atoms with Crippen molar-refractivity contribution >= 4 is 12.3 Å². The third-order valence-electron chi connectivity index (χ3n) is 8.81. The van der Waals surface area contributed by atoms with Crippen molar-refractivity contribution in [1.29, 1.82) is 0 Å². The zero-order valence-electron chi connectivity index (χ0n) is 29.1. The lowest BCUT2D eigenvalue weighted by Crippen LogP contribution is -2.35. The molecule has 0 aromatic carbocycles. The molecule has 0 amide bonds. The Morgan fingerprint density at radius 3 is 1.84 bits per heavy atom. The fourth-order valence-electron chi connectivity index (χ4n) is 5.79. The molecular formula is C37H74N2O4. The molecule has 0 saturated heterocycles. The van der Waals surface area contributed by atoms with Crippen LogP contribution in [-0.4, -0.2) is 80.1 Å². The van der Waals surface area contributed by atoms with E-state index in [1.807, 2.05) is 0 Å². The number of rotatable bonds is 35. The highest BCUT2D eigenvalue weighted by Crippen LogP contribution is 2.20. The van der Waals surface area contributed by atoms with Gasteiger partial charge in [-0.2, -0.15) is 0 Å². The Kier molecular flexibility index (Phi) is 33.1. The lowest BCUT2D eigenvalue weighted by Gasteiger charge is -2.25. The van der Waals surface area contributed by atoms with E-state index in [1.165, 1.54) is 89.9 Å². The number of likely N-dealkylation sites (N-methyl/N-ethyl adjacent to an activating group) is 1. The van der Waals surface area contributed by atoms with E-state index in [1.54, 1.807) is 0 Å². The molecule has 0 spiro atoms. The van der Waals surface area contributed by atoms with Gasteiger partial charge in [0.15, 0.2) is 0 Å². The van der Waals surface area contributed by atoms with Crippen molar-refractivity contribution in [2.24, 2.45) is 5.92 Å². The van der Waals surface area contributed by atoms with Crippen molar-refractivity contribution in [1.82, 2.24) is 9.80 Å². The number of carbonyl (C=O) groups is 2. The Hall–Kier alpha value is -0.980. The SMILES string of the molecule is CCCCCCCCC(CCCCCC)COC(=O)CCCCCN(CCCCCC=O)CCN(C)CCCCCCO. The van der Waals surface area contributed by atoms with Crippen molar-refractivity contribution in [3.8, 4) is 0 Å². The first-order valence-corrected chi connectivity index (χ1v) is 18.7. The van der Waals surface area contributed by atoms with Crippen LogP contribution in [0.3, 0.4) is 0 Å².